The van der Waals surface area contributed by atoms with Gasteiger partial charge in [0, 0.05) is 19.1 Å². The molecule has 1 aliphatic rings. The Kier molecular flexibility index (Phi) is 4.82. The lowest BCUT2D eigenvalue weighted by Crippen LogP contribution is -2.45. The van der Waals surface area contributed by atoms with Crippen LogP contribution in [0.25, 0.3) is 0 Å². The second-order valence-corrected chi connectivity index (χ2v) is 5.44. The third-order valence-electron chi connectivity index (χ3n) is 3.17. The minimum Gasteiger partial charge on any atom is -0.313 e. The van der Waals surface area contributed by atoms with E-state index in [-0.39, 0.29) is 0 Å². The maximum absolute atomic E-state index is 3.64. The number of piperidine rings is 1. The summed E-state index contributed by atoms with van der Waals surface area (Å²) in [6.07, 6.45) is 3.92. The lowest BCUT2D eigenvalue weighted by atomic mass is 10.1. The summed E-state index contributed by atoms with van der Waals surface area (Å²) in [5.74, 6) is 0. The molecule has 1 aliphatic heterocycles. The van der Waals surface area contributed by atoms with Crippen LogP contribution in [-0.4, -0.2) is 30.6 Å². The van der Waals surface area contributed by atoms with Gasteiger partial charge in [-0.2, -0.15) is 11.3 Å². The van der Waals surface area contributed by atoms with Crippen LogP contribution in [0.3, 0.4) is 0 Å². The summed E-state index contributed by atoms with van der Waals surface area (Å²) in [7, 11) is 0. The van der Waals surface area contributed by atoms with Crippen LogP contribution in [0.5, 0.6) is 0 Å². The Hall–Kier alpha value is -0.380. The molecule has 1 unspecified atom stereocenters. The second kappa shape index (κ2) is 6.38. The number of nitrogens with zero attached hydrogens (tertiary/aromatic N) is 1. The summed E-state index contributed by atoms with van der Waals surface area (Å²) in [6, 6.07) is 2.96. The number of hydrogen-bond acceptors (Lipinski definition) is 3. The molecular formula is C13H22N2S. The summed E-state index contributed by atoms with van der Waals surface area (Å²) < 4.78 is 0. The van der Waals surface area contributed by atoms with Gasteiger partial charge in [-0.1, -0.05) is 6.92 Å². The van der Waals surface area contributed by atoms with Gasteiger partial charge >= 0.3 is 0 Å². The molecule has 16 heavy (non-hydrogen) atoms. The largest absolute Gasteiger partial charge is 0.313 e. The van der Waals surface area contributed by atoms with Gasteiger partial charge in [-0.25, -0.2) is 0 Å². The van der Waals surface area contributed by atoms with Crippen molar-refractivity contribution < 1.29 is 0 Å². The maximum atomic E-state index is 3.64. The Balaban J connectivity index is 1.77. The van der Waals surface area contributed by atoms with Crippen LogP contribution in [-0.2, 0) is 6.54 Å². The Morgan fingerprint density at radius 3 is 3.25 bits per heavy atom. The van der Waals surface area contributed by atoms with Crippen LogP contribution >= 0.6 is 11.3 Å². The number of nitrogens with one attached hydrogen (secondary N) is 1. The summed E-state index contributed by atoms with van der Waals surface area (Å²) in [4.78, 5) is 2.58. The van der Waals surface area contributed by atoms with E-state index in [9.17, 15) is 0 Å². The van der Waals surface area contributed by atoms with Gasteiger partial charge in [-0.3, -0.25) is 4.90 Å². The van der Waals surface area contributed by atoms with Gasteiger partial charge in [0.15, 0.2) is 0 Å². The van der Waals surface area contributed by atoms with E-state index in [2.05, 4.69) is 34.0 Å². The molecule has 0 aromatic carbocycles. The molecule has 1 aromatic rings. The van der Waals surface area contributed by atoms with Crippen molar-refractivity contribution >= 4 is 11.3 Å². The summed E-state index contributed by atoms with van der Waals surface area (Å²) in [5, 5.41) is 8.08. The molecule has 1 N–H and O–H groups in total. The molecule has 1 aromatic heterocycles. The monoisotopic (exact) mass is 238 g/mol. The molecule has 0 bridgehead atoms. The summed E-state index contributed by atoms with van der Waals surface area (Å²) in [5.41, 5.74) is 1.47. The zero-order valence-corrected chi connectivity index (χ0v) is 10.9. The van der Waals surface area contributed by atoms with Gasteiger partial charge in [-0.15, -0.1) is 0 Å². The van der Waals surface area contributed by atoms with E-state index in [0.717, 1.165) is 13.1 Å². The molecule has 0 aliphatic carbocycles. The highest BCUT2D eigenvalue weighted by atomic mass is 32.1. The van der Waals surface area contributed by atoms with E-state index >= 15 is 0 Å². The highest BCUT2D eigenvalue weighted by Crippen LogP contribution is 2.15. The van der Waals surface area contributed by atoms with Crippen LogP contribution in [0.15, 0.2) is 16.8 Å². The minimum atomic E-state index is 0.715. The van der Waals surface area contributed by atoms with Crippen LogP contribution in [0.4, 0.5) is 0 Å². The Morgan fingerprint density at radius 2 is 2.50 bits per heavy atom. The molecule has 3 heteroatoms. The lowest BCUT2D eigenvalue weighted by molar-refractivity contribution is 0.184. The maximum Gasteiger partial charge on any atom is 0.0242 e. The van der Waals surface area contributed by atoms with E-state index in [1.54, 1.807) is 11.3 Å². The van der Waals surface area contributed by atoms with Crippen LogP contribution in [0.2, 0.25) is 0 Å². The van der Waals surface area contributed by atoms with E-state index in [4.69, 9.17) is 0 Å². The number of likely N-dealkylation sites (tertiary alicyclic amines) is 1. The van der Waals surface area contributed by atoms with E-state index in [1.807, 2.05) is 0 Å². The molecule has 1 fully saturated rings. The number of rotatable bonds is 5. The van der Waals surface area contributed by atoms with Gasteiger partial charge in [0.05, 0.1) is 0 Å². The van der Waals surface area contributed by atoms with Crippen molar-refractivity contribution in [3.63, 3.8) is 0 Å². The average molecular weight is 238 g/mol. The van der Waals surface area contributed by atoms with E-state index in [0.29, 0.717) is 6.04 Å². The number of thiophene rings is 1. The molecule has 0 saturated carbocycles. The predicted octanol–water partition coefficient (Wildman–Crippen LogP) is 2.71. The fourth-order valence-corrected chi connectivity index (χ4v) is 3.01. The predicted molar refractivity (Wildman–Crippen MR) is 70.9 cm³/mol. The fourth-order valence-electron chi connectivity index (χ4n) is 2.36. The standard InChI is InChI=1S/C13H22N2S/c1-2-6-14-13-4-3-7-15(10-13)9-12-5-8-16-11-12/h5,8,11,13-14H,2-4,6-7,9-10H2,1H3. The molecule has 0 radical (unpaired) electrons. The van der Waals surface area contributed by atoms with Gasteiger partial charge in [0.25, 0.3) is 0 Å². The van der Waals surface area contributed by atoms with Crippen molar-refractivity contribution in [1.29, 1.82) is 0 Å². The average Bonchev–Trinajstić information content (AvgIpc) is 2.80. The Morgan fingerprint density at radius 1 is 1.56 bits per heavy atom. The topological polar surface area (TPSA) is 15.3 Å². The third-order valence-corrected chi connectivity index (χ3v) is 3.91. The SMILES string of the molecule is CCCNC1CCCN(Cc2ccsc2)C1. The zero-order chi connectivity index (χ0) is 11.2. The van der Waals surface area contributed by atoms with E-state index in [1.165, 1.54) is 37.9 Å². The summed E-state index contributed by atoms with van der Waals surface area (Å²) in [6.45, 7) is 7.01. The van der Waals surface area contributed by atoms with Gasteiger partial charge in [0.1, 0.15) is 0 Å². The van der Waals surface area contributed by atoms with Gasteiger partial charge in [-0.05, 0) is 54.7 Å². The first-order valence-corrected chi connectivity index (χ1v) is 7.29. The molecule has 90 valence electrons. The molecule has 0 amide bonds. The smallest absolute Gasteiger partial charge is 0.0242 e. The van der Waals surface area contributed by atoms with Gasteiger partial charge in [0.2, 0.25) is 0 Å². The first kappa shape index (κ1) is 12.1. The Labute approximate surface area is 103 Å². The molecule has 2 nitrogen and oxygen atoms in total. The molecular weight excluding hydrogens is 216 g/mol. The summed E-state index contributed by atoms with van der Waals surface area (Å²) >= 11 is 1.80. The fraction of sp³-hybridized carbons (Fsp3) is 0.692. The van der Waals surface area contributed by atoms with Crippen LogP contribution < -0.4 is 5.32 Å². The molecule has 2 rings (SSSR count). The molecule has 2 heterocycles. The van der Waals surface area contributed by atoms with Crippen molar-refractivity contribution in [2.24, 2.45) is 0 Å². The lowest BCUT2D eigenvalue weighted by Gasteiger charge is -2.33. The van der Waals surface area contributed by atoms with Gasteiger partial charge < -0.3 is 5.32 Å². The molecule has 1 atom stereocenters. The highest BCUT2D eigenvalue weighted by molar-refractivity contribution is 7.07. The van der Waals surface area contributed by atoms with Crippen molar-refractivity contribution in [2.75, 3.05) is 19.6 Å². The van der Waals surface area contributed by atoms with Crippen molar-refractivity contribution in [3.8, 4) is 0 Å². The first-order chi connectivity index (χ1) is 7.88. The first-order valence-electron chi connectivity index (χ1n) is 6.35. The molecule has 1 saturated heterocycles. The third kappa shape index (κ3) is 3.58. The van der Waals surface area contributed by atoms with E-state index < -0.39 is 0 Å². The molecule has 0 spiro atoms. The van der Waals surface area contributed by atoms with Crippen molar-refractivity contribution in [3.05, 3.63) is 22.4 Å². The number of hydrogen-bond donors (Lipinski definition) is 1. The minimum absolute atomic E-state index is 0.715. The van der Waals surface area contributed by atoms with Crippen LogP contribution in [0.1, 0.15) is 31.7 Å². The highest BCUT2D eigenvalue weighted by Gasteiger charge is 2.18. The van der Waals surface area contributed by atoms with Crippen LogP contribution in [0, 0.1) is 0 Å². The van der Waals surface area contributed by atoms with Crippen molar-refractivity contribution in [2.45, 2.75) is 38.8 Å². The quantitative estimate of drug-likeness (QED) is 0.848. The normalized spacial score (nSPS) is 22.4. The second-order valence-electron chi connectivity index (χ2n) is 4.66. The Bertz CT molecular complexity index is 284. The van der Waals surface area contributed by atoms with Crippen molar-refractivity contribution in [1.82, 2.24) is 10.2 Å². The zero-order valence-electron chi connectivity index (χ0n) is 10.1.